The van der Waals surface area contributed by atoms with Gasteiger partial charge >= 0.3 is 0 Å². The second-order valence-electron chi connectivity index (χ2n) is 26.3. The molecule has 0 N–H and O–H groups in total. The fraction of sp³-hybridized carbons (Fsp3) is 0.507. The molecule has 0 saturated heterocycles. The fourth-order valence-electron chi connectivity index (χ4n) is 12.3. The molecule has 0 spiro atoms. The smallest absolute Gasteiger partial charge is 0.197 e. The van der Waals surface area contributed by atoms with Crippen LogP contribution in [0.2, 0.25) is 0 Å². The third-order valence-electron chi connectivity index (χ3n) is 17.8. The van der Waals surface area contributed by atoms with Crippen LogP contribution < -0.4 is 0 Å². The van der Waals surface area contributed by atoms with Crippen LogP contribution in [0, 0.1) is 23.7 Å². The van der Waals surface area contributed by atoms with Crippen LogP contribution in [0.3, 0.4) is 0 Å². The van der Waals surface area contributed by atoms with E-state index >= 15 is 9.59 Å². The van der Waals surface area contributed by atoms with Gasteiger partial charge in [-0.3, -0.25) is 9.59 Å². The van der Waals surface area contributed by atoms with Gasteiger partial charge in [0.2, 0.25) is 0 Å². The maximum Gasteiger partial charge on any atom is 0.197 e. The molecule has 0 bridgehead atoms. The molecule has 2 nitrogen and oxygen atoms in total. The number of carbonyl (C=O) groups is 2. The van der Waals surface area contributed by atoms with Crippen LogP contribution in [0.15, 0.2) is 60.7 Å². The van der Waals surface area contributed by atoms with E-state index < -0.39 is 0 Å². The van der Waals surface area contributed by atoms with Gasteiger partial charge in [-0.25, -0.2) is 0 Å². The highest BCUT2D eigenvalue weighted by atomic mass is 32.1. The molecule has 9 aromatic rings. The average molecular weight is 1260 g/mol. The molecule has 0 saturated carbocycles. The van der Waals surface area contributed by atoms with Crippen molar-refractivity contribution in [1.82, 2.24) is 0 Å². The number of rotatable bonds is 26. The number of thiophene rings is 8. The lowest BCUT2D eigenvalue weighted by molar-refractivity contribution is 0.0980. The molecule has 442 valence electrons. The van der Waals surface area contributed by atoms with E-state index in [1.54, 1.807) is 34.0 Å². The van der Waals surface area contributed by atoms with Gasteiger partial charge < -0.3 is 0 Å². The summed E-state index contributed by atoms with van der Waals surface area (Å²) in [6.07, 6.45) is 19.3. The first-order chi connectivity index (χ1) is 39.8. The van der Waals surface area contributed by atoms with Crippen molar-refractivity contribution in [2.24, 2.45) is 23.7 Å². The van der Waals surface area contributed by atoms with E-state index in [0.717, 1.165) is 105 Å². The number of fused-ring (bicyclic) bond motifs is 4. The maximum absolute atomic E-state index is 16.1. The third kappa shape index (κ3) is 13.0. The minimum atomic E-state index is -0.0407. The van der Waals surface area contributed by atoms with Crippen molar-refractivity contribution in [2.45, 2.75) is 217 Å². The van der Waals surface area contributed by atoms with Crippen LogP contribution >= 0.6 is 90.7 Å². The van der Waals surface area contributed by atoms with E-state index in [2.05, 4.69) is 158 Å². The van der Waals surface area contributed by atoms with Gasteiger partial charge in [0.1, 0.15) is 0 Å². The zero-order valence-electron chi connectivity index (χ0n) is 52.2. The Morgan fingerprint density at radius 2 is 0.843 bits per heavy atom. The van der Waals surface area contributed by atoms with Gasteiger partial charge in [0.05, 0.1) is 20.9 Å². The predicted molar refractivity (Wildman–Crippen MR) is 377 cm³/mol. The molecule has 4 atom stereocenters. The van der Waals surface area contributed by atoms with Crippen LogP contribution in [0.1, 0.15) is 242 Å². The van der Waals surface area contributed by atoms with E-state index in [0.29, 0.717) is 34.8 Å². The van der Waals surface area contributed by atoms with E-state index in [9.17, 15) is 0 Å². The van der Waals surface area contributed by atoms with Crippen molar-refractivity contribution >= 4 is 122 Å². The van der Waals surface area contributed by atoms with Crippen LogP contribution in [-0.4, -0.2) is 11.6 Å². The molecule has 1 aromatic carbocycles. The lowest BCUT2D eigenvalue weighted by atomic mass is 9.81. The van der Waals surface area contributed by atoms with Gasteiger partial charge in [-0.2, -0.15) is 0 Å². The van der Waals surface area contributed by atoms with Crippen molar-refractivity contribution < 1.29 is 9.59 Å². The van der Waals surface area contributed by atoms with E-state index in [1.807, 2.05) is 56.7 Å². The van der Waals surface area contributed by atoms with Crippen LogP contribution in [0.5, 0.6) is 0 Å². The Morgan fingerprint density at radius 3 is 1.34 bits per heavy atom. The van der Waals surface area contributed by atoms with Gasteiger partial charge in [0, 0.05) is 101 Å². The topological polar surface area (TPSA) is 34.1 Å². The standard InChI is InChI=1S/C73H90O2S8/c1-15-22-25-43(19-5)37-47-29-31-52(77-47)61-49-41-59(73(12,13)14)82-69(49)60(51-30-28-46(76-51)36-42(8)18-4)48-40-55(81-68(48)61)50-32-33-53(78-50)70-64-65(71(83-70)54-34-35-58(80-54)72(9,10)11)67(75)63-57(39-45(21-7)27-24-17-3)79-56(62(63)66(64)74)38-44(20-6)26-23-16-2/h28-35,40-45H,15-27,36-39H2,1-14H3. The van der Waals surface area contributed by atoms with Crippen molar-refractivity contribution in [3.63, 3.8) is 0 Å². The molecule has 8 heterocycles. The minimum absolute atomic E-state index is 0.00853. The highest BCUT2D eigenvalue weighted by Gasteiger charge is 2.42. The summed E-state index contributed by atoms with van der Waals surface area (Å²) < 4.78 is 2.76. The summed E-state index contributed by atoms with van der Waals surface area (Å²) in [5.41, 5.74) is 5.48. The maximum atomic E-state index is 16.1. The molecule has 1 aliphatic carbocycles. The minimum Gasteiger partial charge on any atom is -0.288 e. The van der Waals surface area contributed by atoms with Gasteiger partial charge in [-0.1, -0.05) is 180 Å². The van der Waals surface area contributed by atoms with Crippen LogP contribution in [0.25, 0.3) is 70.3 Å². The van der Waals surface area contributed by atoms with Crippen molar-refractivity contribution in [3.8, 4) is 50.1 Å². The molecule has 0 amide bonds. The van der Waals surface area contributed by atoms with E-state index in [-0.39, 0.29) is 22.4 Å². The summed E-state index contributed by atoms with van der Waals surface area (Å²) >= 11 is 15.1. The molecule has 0 aliphatic heterocycles. The van der Waals surface area contributed by atoms with Gasteiger partial charge in [-0.05, 0) is 121 Å². The second-order valence-corrected chi connectivity index (χ2v) is 35.1. The number of hydrogen-bond donors (Lipinski definition) is 0. The molecule has 0 fully saturated rings. The average Bonchev–Trinajstić information content (AvgIpc) is 2.00. The Labute approximate surface area is 530 Å². The van der Waals surface area contributed by atoms with Crippen LogP contribution in [0.4, 0.5) is 0 Å². The highest BCUT2D eigenvalue weighted by molar-refractivity contribution is 7.31. The number of benzene rings is 1. The van der Waals surface area contributed by atoms with E-state index in [4.69, 9.17) is 0 Å². The summed E-state index contributed by atoms with van der Waals surface area (Å²) in [4.78, 5) is 49.3. The largest absolute Gasteiger partial charge is 0.288 e. The fourth-order valence-corrected chi connectivity index (χ4v) is 22.6. The molecular weight excluding hydrogens is 1170 g/mol. The van der Waals surface area contributed by atoms with Crippen molar-refractivity contribution in [2.75, 3.05) is 0 Å². The lowest BCUT2D eigenvalue weighted by Crippen LogP contribution is -2.22. The number of unbranched alkanes of at least 4 members (excludes halogenated alkanes) is 3. The van der Waals surface area contributed by atoms with Gasteiger partial charge in [0.25, 0.3) is 0 Å². The molecule has 10 rings (SSSR count). The number of carbonyl (C=O) groups excluding carboxylic acids is 2. The summed E-state index contributed by atoms with van der Waals surface area (Å²) in [7, 11) is 0. The Hall–Kier alpha value is -3.32. The quantitative estimate of drug-likeness (QED) is 0.0541. The van der Waals surface area contributed by atoms with Crippen molar-refractivity contribution in [3.05, 3.63) is 112 Å². The van der Waals surface area contributed by atoms with E-state index in [1.165, 1.54) is 115 Å². The molecule has 1 aliphatic rings. The Balaban J connectivity index is 1.16. The Bertz CT molecular complexity index is 3710. The summed E-state index contributed by atoms with van der Waals surface area (Å²) in [6, 6.07) is 23.8. The monoisotopic (exact) mass is 1250 g/mol. The van der Waals surface area contributed by atoms with Crippen molar-refractivity contribution in [1.29, 1.82) is 0 Å². The first kappa shape index (κ1) is 62.7. The van der Waals surface area contributed by atoms with Crippen LogP contribution in [-0.2, 0) is 36.5 Å². The highest BCUT2D eigenvalue weighted by Crippen LogP contribution is 2.57. The zero-order valence-corrected chi connectivity index (χ0v) is 58.7. The molecular formula is C73H90O2S8. The molecule has 0 radical (unpaired) electrons. The SMILES string of the molecule is CCCCC(CC)Cc1ccc(-c2c3cc(C(C)(C)C)sc3c(-c3ccc(CC(C)CC)s3)c3cc(-c4ccc(-c5sc(-c6ccc(C(C)(C)C)s6)c6c5C(=O)c5c(CC(CC)CCCC)sc(CC(CC)CCCC)c5C6=O)s4)sc23)s1. The Morgan fingerprint density at radius 1 is 0.386 bits per heavy atom. The first-order valence-corrected chi connectivity index (χ1v) is 38.2. The first-order valence-electron chi connectivity index (χ1n) is 31.7. The summed E-state index contributed by atoms with van der Waals surface area (Å²) in [5.74, 6) is 2.44. The summed E-state index contributed by atoms with van der Waals surface area (Å²) in [5, 5.41) is 2.72. The summed E-state index contributed by atoms with van der Waals surface area (Å²) in [6.45, 7) is 32.5. The molecule has 8 aromatic heterocycles. The van der Waals surface area contributed by atoms with Gasteiger partial charge in [0.15, 0.2) is 11.6 Å². The number of hydrogen-bond acceptors (Lipinski definition) is 10. The van der Waals surface area contributed by atoms with Gasteiger partial charge in [-0.15, -0.1) is 90.7 Å². The molecule has 83 heavy (non-hydrogen) atoms. The third-order valence-corrected chi connectivity index (χ3v) is 28.4. The predicted octanol–water partition coefficient (Wildman–Crippen LogP) is 26.1. The molecule has 10 heteroatoms. The normalized spacial score (nSPS) is 14.6. The second kappa shape index (κ2) is 26.6. The zero-order chi connectivity index (χ0) is 59.1. The Kier molecular flexibility index (Phi) is 20.1. The molecule has 4 unspecified atom stereocenters. The lowest BCUT2D eigenvalue weighted by Gasteiger charge is -2.19. The number of ketones is 2.